The standard InChI is InChI=1S/C22H24ClN3O3/c1-5-10-26-18-8-6-13(2)11-17(18)20(22(26)28)24-25-21(27)15(4)29-19-9-7-16(23)12-14(19)3/h6-9,11-12,15,28H,5,10H2,1-4H3. The summed E-state index contributed by atoms with van der Waals surface area (Å²) in [5, 5.41) is 19.9. The van der Waals surface area contributed by atoms with Crippen LogP contribution in [0.4, 0.5) is 5.69 Å². The highest BCUT2D eigenvalue weighted by Crippen LogP contribution is 2.39. The summed E-state index contributed by atoms with van der Waals surface area (Å²) in [6.45, 7) is 8.10. The molecule has 1 atom stereocenters. The highest BCUT2D eigenvalue weighted by atomic mass is 35.5. The predicted molar refractivity (Wildman–Crippen MR) is 114 cm³/mol. The van der Waals surface area contributed by atoms with E-state index in [2.05, 4.69) is 10.2 Å². The molecule has 1 N–H and O–H groups in total. The molecule has 3 rings (SSSR count). The lowest BCUT2D eigenvalue weighted by Gasteiger charge is -2.13. The van der Waals surface area contributed by atoms with E-state index in [1.54, 1.807) is 29.7 Å². The van der Waals surface area contributed by atoms with Gasteiger partial charge in [0.1, 0.15) is 5.75 Å². The first kappa shape index (κ1) is 20.9. The van der Waals surface area contributed by atoms with Crippen LogP contribution in [0.3, 0.4) is 0 Å². The average molecular weight is 414 g/mol. The van der Waals surface area contributed by atoms with Crippen molar-refractivity contribution in [3.05, 3.63) is 52.5 Å². The number of amides is 1. The number of hydrogen-bond acceptors (Lipinski definition) is 4. The molecule has 0 aliphatic carbocycles. The van der Waals surface area contributed by atoms with E-state index in [4.69, 9.17) is 16.3 Å². The third kappa shape index (κ3) is 4.43. The van der Waals surface area contributed by atoms with E-state index in [-0.39, 0.29) is 5.88 Å². The molecule has 0 bridgehead atoms. The summed E-state index contributed by atoms with van der Waals surface area (Å²) in [5.74, 6) is 0.0254. The van der Waals surface area contributed by atoms with Crippen molar-refractivity contribution in [3.63, 3.8) is 0 Å². The third-order valence-corrected chi connectivity index (χ3v) is 4.88. The van der Waals surface area contributed by atoms with E-state index < -0.39 is 12.0 Å². The third-order valence-electron chi connectivity index (χ3n) is 4.65. The topological polar surface area (TPSA) is 76.2 Å². The second-order valence-corrected chi connectivity index (χ2v) is 7.49. The Morgan fingerprint density at radius 3 is 2.69 bits per heavy atom. The van der Waals surface area contributed by atoms with Gasteiger partial charge in [0, 0.05) is 17.0 Å². The lowest BCUT2D eigenvalue weighted by Crippen LogP contribution is -2.21. The lowest BCUT2D eigenvalue weighted by atomic mass is 10.1. The van der Waals surface area contributed by atoms with Gasteiger partial charge in [-0.05, 0) is 63.1 Å². The van der Waals surface area contributed by atoms with Gasteiger partial charge in [-0.2, -0.15) is 0 Å². The van der Waals surface area contributed by atoms with Crippen molar-refractivity contribution in [2.45, 2.75) is 46.8 Å². The Hall–Kier alpha value is -2.86. The number of aromatic hydroxyl groups is 1. The minimum Gasteiger partial charge on any atom is -0.493 e. The maximum atomic E-state index is 12.4. The number of halogens is 1. The van der Waals surface area contributed by atoms with E-state index in [0.29, 0.717) is 23.0 Å². The molecule has 0 radical (unpaired) electrons. The number of hydrogen-bond donors (Lipinski definition) is 1. The van der Waals surface area contributed by atoms with E-state index in [1.165, 1.54) is 0 Å². The van der Waals surface area contributed by atoms with Crippen LogP contribution in [0.1, 0.15) is 31.4 Å². The van der Waals surface area contributed by atoms with Crippen LogP contribution in [-0.2, 0) is 11.3 Å². The fourth-order valence-corrected chi connectivity index (χ4v) is 3.38. The van der Waals surface area contributed by atoms with Crippen molar-refractivity contribution in [1.29, 1.82) is 0 Å². The molecule has 1 unspecified atom stereocenters. The molecule has 152 valence electrons. The van der Waals surface area contributed by atoms with Crippen molar-refractivity contribution in [2.24, 2.45) is 10.2 Å². The van der Waals surface area contributed by atoms with Crippen LogP contribution in [0.25, 0.3) is 10.9 Å². The number of carbonyl (C=O) groups excluding carboxylic acids is 1. The second-order valence-electron chi connectivity index (χ2n) is 7.05. The largest absolute Gasteiger partial charge is 0.493 e. The number of azo groups is 1. The molecule has 0 spiro atoms. The SMILES string of the molecule is CCCn1c(O)c(N=NC(=O)C(C)Oc2ccc(Cl)cc2C)c2cc(C)ccc21. The molecule has 0 aliphatic rings. The zero-order chi connectivity index (χ0) is 21.1. The predicted octanol–water partition coefficient (Wildman–Crippen LogP) is 6.10. The molecule has 0 aliphatic heterocycles. The monoisotopic (exact) mass is 413 g/mol. The number of rotatable bonds is 6. The molecule has 0 saturated heterocycles. The fourth-order valence-electron chi connectivity index (χ4n) is 3.15. The molecule has 3 aromatic rings. The van der Waals surface area contributed by atoms with Crippen molar-refractivity contribution < 1.29 is 14.6 Å². The van der Waals surface area contributed by atoms with Gasteiger partial charge in [0.05, 0.1) is 5.52 Å². The summed E-state index contributed by atoms with van der Waals surface area (Å²) in [5.41, 5.74) is 3.01. The number of aryl methyl sites for hydroxylation is 3. The van der Waals surface area contributed by atoms with Gasteiger partial charge in [-0.25, -0.2) is 0 Å². The first-order valence-corrected chi connectivity index (χ1v) is 9.89. The van der Waals surface area contributed by atoms with Crippen LogP contribution in [-0.4, -0.2) is 21.7 Å². The van der Waals surface area contributed by atoms with Crippen LogP contribution < -0.4 is 4.74 Å². The van der Waals surface area contributed by atoms with Gasteiger partial charge in [0.15, 0.2) is 11.8 Å². The number of ether oxygens (including phenoxy) is 1. The Morgan fingerprint density at radius 1 is 1.24 bits per heavy atom. The maximum Gasteiger partial charge on any atom is 0.304 e. The Labute approximate surface area is 174 Å². The smallest absolute Gasteiger partial charge is 0.304 e. The highest BCUT2D eigenvalue weighted by Gasteiger charge is 2.19. The average Bonchev–Trinajstić information content (AvgIpc) is 2.93. The van der Waals surface area contributed by atoms with Gasteiger partial charge < -0.3 is 14.4 Å². The zero-order valence-corrected chi connectivity index (χ0v) is 17.7. The first-order chi connectivity index (χ1) is 13.8. The number of aromatic nitrogens is 1. The molecule has 29 heavy (non-hydrogen) atoms. The Bertz CT molecular complexity index is 1090. The molecule has 1 amide bonds. The van der Waals surface area contributed by atoms with E-state index in [9.17, 15) is 9.90 Å². The molecular formula is C22H24ClN3O3. The van der Waals surface area contributed by atoms with E-state index >= 15 is 0 Å². The molecule has 0 fully saturated rings. The lowest BCUT2D eigenvalue weighted by molar-refractivity contribution is -0.124. The maximum absolute atomic E-state index is 12.4. The molecule has 0 saturated carbocycles. The summed E-state index contributed by atoms with van der Waals surface area (Å²) in [6.07, 6.45) is 0.0259. The minimum atomic E-state index is -0.827. The van der Waals surface area contributed by atoms with Crippen molar-refractivity contribution in [1.82, 2.24) is 4.57 Å². The van der Waals surface area contributed by atoms with E-state index in [1.807, 2.05) is 39.0 Å². The molecular weight excluding hydrogens is 390 g/mol. The molecule has 2 aromatic carbocycles. The Kier molecular flexibility index (Phi) is 6.23. The van der Waals surface area contributed by atoms with Crippen LogP contribution >= 0.6 is 11.6 Å². The fraction of sp³-hybridized carbons (Fsp3) is 0.318. The summed E-state index contributed by atoms with van der Waals surface area (Å²) in [7, 11) is 0. The van der Waals surface area contributed by atoms with Crippen molar-refractivity contribution in [2.75, 3.05) is 0 Å². The molecule has 1 aromatic heterocycles. The quantitative estimate of drug-likeness (QED) is 0.495. The highest BCUT2D eigenvalue weighted by molar-refractivity contribution is 6.30. The summed E-state index contributed by atoms with van der Waals surface area (Å²) < 4.78 is 7.48. The molecule has 7 heteroatoms. The summed E-state index contributed by atoms with van der Waals surface area (Å²) in [4.78, 5) is 12.4. The van der Waals surface area contributed by atoms with Gasteiger partial charge in [0.25, 0.3) is 0 Å². The van der Waals surface area contributed by atoms with Gasteiger partial charge >= 0.3 is 5.91 Å². The van der Waals surface area contributed by atoms with Crippen LogP contribution in [0.5, 0.6) is 11.6 Å². The van der Waals surface area contributed by atoms with Crippen molar-refractivity contribution >= 4 is 34.1 Å². The van der Waals surface area contributed by atoms with Crippen LogP contribution in [0.15, 0.2) is 46.6 Å². The van der Waals surface area contributed by atoms with E-state index in [0.717, 1.165) is 28.5 Å². The van der Waals surface area contributed by atoms with Crippen molar-refractivity contribution in [3.8, 4) is 11.6 Å². The van der Waals surface area contributed by atoms with Gasteiger partial charge in [-0.1, -0.05) is 30.2 Å². The number of carbonyl (C=O) groups is 1. The van der Waals surface area contributed by atoms with Gasteiger partial charge in [-0.15, -0.1) is 10.2 Å². The van der Waals surface area contributed by atoms with Crippen LogP contribution in [0, 0.1) is 13.8 Å². The number of fused-ring (bicyclic) bond motifs is 1. The van der Waals surface area contributed by atoms with Gasteiger partial charge in [-0.3, -0.25) is 4.79 Å². The summed E-state index contributed by atoms with van der Waals surface area (Å²) in [6, 6.07) is 11.0. The van der Waals surface area contributed by atoms with Crippen LogP contribution in [0.2, 0.25) is 5.02 Å². The summed E-state index contributed by atoms with van der Waals surface area (Å²) >= 11 is 5.95. The minimum absolute atomic E-state index is 0.00566. The zero-order valence-electron chi connectivity index (χ0n) is 16.9. The Morgan fingerprint density at radius 2 is 2.00 bits per heavy atom. The number of benzene rings is 2. The first-order valence-electron chi connectivity index (χ1n) is 9.52. The number of nitrogens with zero attached hydrogens (tertiary/aromatic N) is 3. The molecule has 1 heterocycles. The second kappa shape index (κ2) is 8.66. The molecule has 6 nitrogen and oxygen atoms in total. The Balaban J connectivity index is 1.86. The van der Waals surface area contributed by atoms with Gasteiger partial charge in [0.2, 0.25) is 5.88 Å². The normalized spacial score (nSPS) is 12.6.